The van der Waals surface area contributed by atoms with Crippen LogP contribution in [0.4, 0.5) is 4.39 Å². The van der Waals surface area contributed by atoms with Crippen LogP contribution in [0.25, 0.3) is 0 Å². The summed E-state index contributed by atoms with van der Waals surface area (Å²) >= 11 is 0. The van der Waals surface area contributed by atoms with Crippen LogP contribution in [0, 0.1) is 24.2 Å². The van der Waals surface area contributed by atoms with Crippen LogP contribution in [0.2, 0.25) is 0 Å². The Kier molecular flexibility index (Phi) is 6.79. The Bertz CT molecular complexity index is 1080. The first-order chi connectivity index (χ1) is 16.0. The Hall–Kier alpha value is -1.67. The third kappa shape index (κ3) is 4.04. The lowest BCUT2D eigenvalue weighted by Gasteiger charge is -2.42. The molecule has 3 aliphatic rings. The fourth-order valence-corrected chi connectivity index (χ4v) is 7.15. The molecule has 1 aliphatic heterocycles. The number of rotatable bonds is 9. The minimum absolute atomic E-state index is 0.00252. The molecule has 12 heteroatoms. The second-order valence-electron chi connectivity index (χ2n) is 9.98. The van der Waals surface area contributed by atoms with Gasteiger partial charge in [-0.15, -0.1) is 0 Å². The molecule has 0 spiro atoms. The molecule has 2 aliphatic carbocycles. The maximum Gasteiger partial charge on any atom is 0.330 e. The number of alkyl halides is 1. The van der Waals surface area contributed by atoms with E-state index in [0.717, 1.165) is 4.57 Å². The molecule has 3 fully saturated rings. The van der Waals surface area contributed by atoms with Crippen molar-refractivity contribution in [2.45, 2.75) is 95.7 Å². The van der Waals surface area contributed by atoms with Crippen LogP contribution in [0.15, 0.2) is 15.8 Å². The number of fused-ring (bicyclic) bond motifs is 3. The van der Waals surface area contributed by atoms with E-state index in [1.807, 2.05) is 38.4 Å². The SMILES string of the molecule is Cc1cn([C@@H]2O[C@@H]3[C@@]4(O)C[C@H]4C[C@]3(OP(OCCC#N)N(C(C)C)C(C)C)[C@H]2F)c(=O)[nH]c1=O. The van der Waals surface area contributed by atoms with Crippen molar-refractivity contribution in [2.75, 3.05) is 6.61 Å². The normalized spacial score (nSPS) is 35.0. The second kappa shape index (κ2) is 9.08. The van der Waals surface area contributed by atoms with E-state index in [1.165, 1.54) is 13.1 Å². The molecule has 1 unspecified atom stereocenters. The molecule has 34 heavy (non-hydrogen) atoms. The molecule has 10 nitrogen and oxygen atoms in total. The Morgan fingerprint density at radius 1 is 1.38 bits per heavy atom. The van der Waals surface area contributed by atoms with Gasteiger partial charge in [-0.05, 0) is 53.4 Å². The van der Waals surface area contributed by atoms with Crippen molar-refractivity contribution >= 4 is 8.53 Å². The van der Waals surface area contributed by atoms with E-state index in [-0.39, 0.29) is 43.0 Å². The first-order valence-electron chi connectivity index (χ1n) is 11.6. The Morgan fingerprint density at radius 2 is 2.06 bits per heavy atom. The molecule has 0 amide bonds. The quantitative estimate of drug-likeness (QED) is 0.392. The van der Waals surface area contributed by atoms with Gasteiger partial charge in [-0.3, -0.25) is 14.3 Å². The molecule has 1 aromatic rings. The highest BCUT2D eigenvalue weighted by Gasteiger charge is 2.80. The number of nitriles is 1. The number of aromatic amines is 1. The van der Waals surface area contributed by atoms with Gasteiger partial charge in [0, 0.05) is 23.8 Å². The lowest BCUT2D eigenvalue weighted by atomic mass is 9.91. The third-order valence-electron chi connectivity index (χ3n) is 6.91. The smallest absolute Gasteiger partial charge is 0.330 e. The average molecular weight is 498 g/mol. The lowest BCUT2D eigenvalue weighted by molar-refractivity contribution is -0.103. The Morgan fingerprint density at radius 3 is 2.68 bits per heavy atom. The van der Waals surface area contributed by atoms with Gasteiger partial charge in [-0.25, -0.2) is 13.9 Å². The maximum absolute atomic E-state index is 16.3. The zero-order chi connectivity index (χ0) is 25.0. The van der Waals surface area contributed by atoms with Crippen molar-refractivity contribution in [3.8, 4) is 6.07 Å². The van der Waals surface area contributed by atoms with Gasteiger partial charge in [-0.2, -0.15) is 5.26 Å². The number of H-pyrrole nitrogens is 1. The molecular weight excluding hydrogens is 466 g/mol. The van der Waals surface area contributed by atoms with Crippen LogP contribution < -0.4 is 11.2 Å². The van der Waals surface area contributed by atoms with Crippen molar-refractivity contribution < 1.29 is 23.3 Å². The van der Waals surface area contributed by atoms with Gasteiger partial charge in [0.2, 0.25) is 0 Å². The fourth-order valence-electron chi connectivity index (χ4n) is 5.31. The number of nitrogens with one attached hydrogen (secondary N) is 1. The topological polar surface area (TPSA) is 130 Å². The molecule has 0 aromatic carbocycles. The molecule has 7 atom stereocenters. The number of aryl methyl sites for hydroxylation is 1. The minimum atomic E-state index is -1.82. The molecule has 0 radical (unpaired) electrons. The monoisotopic (exact) mass is 498 g/mol. The Labute approximate surface area is 198 Å². The predicted octanol–water partition coefficient (Wildman–Crippen LogP) is 2.27. The summed E-state index contributed by atoms with van der Waals surface area (Å²) in [5, 5.41) is 20.1. The van der Waals surface area contributed by atoms with E-state index in [9.17, 15) is 14.7 Å². The summed E-state index contributed by atoms with van der Waals surface area (Å²) in [7, 11) is -1.82. The van der Waals surface area contributed by atoms with Crippen molar-refractivity contribution in [2.24, 2.45) is 5.92 Å². The van der Waals surface area contributed by atoms with Gasteiger partial charge in [0.25, 0.3) is 14.1 Å². The van der Waals surface area contributed by atoms with E-state index in [2.05, 4.69) is 4.98 Å². The summed E-state index contributed by atoms with van der Waals surface area (Å²) in [6.07, 6.45) is -2.08. The van der Waals surface area contributed by atoms with E-state index >= 15 is 4.39 Å². The van der Waals surface area contributed by atoms with E-state index in [4.69, 9.17) is 19.0 Å². The number of ether oxygens (including phenoxy) is 1. The van der Waals surface area contributed by atoms with Gasteiger partial charge in [0.1, 0.15) is 11.7 Å². The van der Waals surface area contributed by atoms with Gasteiger partial charge in [0.05, 0.1) is 24.7 Å². The molecule has 2 saturated carbocycles. The standard InChI is InChI=1S/C22H32FN4O6P/c1-12(2)27(13(3)4)34(31-8-6-7-24)33-22-10-15-9-21(15,30)19(22)32-18(16(22)23)26-11-14(5)17(28)25-20(26)29/h11-13,15-16,18-19,30H,6,8-10H2,1-5H3,(H,25,28,29)/t15-,16-,18+,19+,21+,22-,34?/m0/s1. The van der Waals surface area contributed by atoms with Crippen LogP contribution in [-0.4, -0.2) is 61.5 Å². The van der Waals surface area contributed by atoms with Crippen molar-refractivity contribution in [1.29, 1.82) is 5.26 Å². The van der Waals surface area contributed by atoms with Crippen LogP contribution in [0.3, 0.4) is 0 Å². The molecule has 4 rings (SSSR count). The predicted molar refractivity (Wildman–Crippen MR) is 122 cm³/mol. The largest absolute Gasteiger partial charge is 0.387 e. The first-order valence-corrected chi connectivity index (χ1v) is 12.7. The van der Waals surface area contributed by atoms with E-state index < -0.39 is 49.5 Å². The zero-order valence-corrected chi connectivity index (χ0v) is 20.9. The second-order valence-corrected chi connectivity index (χ2v) is 11.4. The Balaban J connectivity index is 1.72. The zero-order valence-electron chi connectivity index (χ0n) is 20.0. The fraction of sp³-hybridized carbons (Fsp3) is 0.773. The van der Waals surface area contributed by atoms with Crippen LogP contribution in [-0.2, 0) is 13.8 Å². The van der Waals surface area contributed by atoms with Crippen molar-refractivity contribution in [1.82, 2.24) is 14.2 Å². The number of aromatic nitrogens is 2. The highest BCUT2D eigenvalue weighted by atomic mass is 31.2. The summed E-state index contributed by atoms with van der Waals surface area (Å²) in [6, 6.07) is 2.04. The highest BCUT2D eigenvalue weighted by molar-refractivity contribution is 7.44. The summed E-state index contributed by atoms with van der Waals surface area (Å²) in [4.78, 5) is 26.5. The molecule has 1 saturated heterocycles. The lowest BCUT2D eigenvalue weighted by Crippen LogP contribution is -2.50. The van der Waals surface area contributed by atoms with Gasteiger partial charge in [-0.1, -0.05) is 0 Å². The number of nitrogens with zero attached hydrogens (tertiary/aromatic N) is 3. The molecular formula is C22H32FN4O6P. The number of halogens is 1. The summed E-state index contributed by atoms with van der Waals surface area (Å²) < 4.78 is 37.9. The molecule has 2 N–H and O–H groups in total. The summed E-state index contributed by atoms with van der Waals surface area (Å²) in [6.45, 7) is 9.54. The van der Waals surface area contributed by atoms with E-state index in [0.29, 0.717) is 6.42 Å². The molecule has 0 bridgehead atoms. The van der Waals surface area contributed by atoms with Crippen LogP contribution >= 0.6 is 8.53 Å². The number of hydrogen-bond donors (Lipinski definition) is 2. The van der Waals surface area contributed by atoms with Crippen LogP contribution in [0.5, 0.6) is 0 Å². The summed E-state index contributed by atoms with van der Waals surface area (Å²) in [5.41, 5.74) is -3.89. The van der Waals surface area contributed by atoms with Crippen molar-refractivity contribution in [3.63, 3.8) is 0 Å². The van der Waals surface area contributed by atoms with Gasteiger partial charge in [0.15, 0.2) is 12.4 Å². The van der Waals surface area contributed by atoms with Crippen molar-refractivity contribution in [3.05, 3.63) is 32.6 Å². The van der Waals surface area contributed by atoms with Crippen LogP contribution in [0.1, 0.15) is 58.7 Å². The molecule has 1 aromatic heterocycles. The van der Waals surface area contributed by atoms with Gasteiger partial charge >= 0.3 is 5.69 Å². The molecule has 188 valence electrons. The maximum atomic E-state index is 16.3. The third-order valence-corrected chi connectivity index (χ3v) is 9.11. The average Bonchev–Trinajstić information content (AvgIpc) is 3.20. The van der Waals surface area contributed by atoms with E-state index in [1.54, 1.807) is 0 Å². The van der Waals surface area contributed by atoms with Gasteiger partial charge < -0.3 is 18.9 Å². The highest BCUT2D eigenvalue weighted by Crippen LogP contribution is 2.70. The molecule has 2 heterocycles. The summed E-state index contributed by atoms with van der Waals surface area (Å²) in [5.74, 6) is -0.173. The first kappa shape index (κ1) is 25.4. The minimum Gasteiger partial charge on any atom is -0.387 e. The number of aliphatic hydroxyl groups is 1. The number of hydrogen-bond acceptors (Lipinski definition) is 8.